The van der Waals surface area contributed by atoms with Crippen LogP contribution in [-0.4, -0.2) is 120 Å². The fraction of sp³-hybridized carbons (Fsp3) is 0.547. The molecule has 1 saturated heterocycles. The minimum absolute atomic E-state index is 0. The molecule has 0 spiro atoms. The molecule has 8 aliphatic rings. The van der Waals surface area contributed by atoms with E-state index in [4.69, 9.17) is 0 Å². The van der Waals surface area contributed by atoms with Crippen LogP contribution in [-0.2, 0) is 287 Å². The van der Waals surface area contributed by atoms with Gasteiger partial charge in [-0.05, 0) is 151 Å². The average Bonchev–Trinajstić information content (AvgIpc) is 0.819. The van der Waals surface area contributed by atoms with Gasteiger partial charge in [-0.2, -0.15) is 161 Å². The standard InChI is InChI=1S/C11H14N.4C10H13N.2C10H12N.C7H14N.4C5H11.4C4H9.4C2H6.2C2H5.2CH3.8Y/c1-9-7-8-12(2)11-6-4-3-5-10(9)11;6*1-11-8-4-6-9-5-2-3-7-10(9)11;1-7-3-5-8(2)6-4-7;4*1-5(2,3)4;4*1-4(2)3;6*1-2;;;;;;;;;;/h3-6,9H,1,7-8H2,2H3;4*2-3,5,7H,4,6,8H2,1H3;2*2-3,5-7H,4,8H2,1H3;7H,1,3-6H2,2H3;4*1H2,2-4H3;4*1-3H3;4*1-2H3;2*1H2,2H3;2*1H3;;;;;;;;/q-1;;;;;11*-1;;;;;4*-1;;;;;;;;. The van der Waals surface area contributed by atoms with Gasteiger partial charge >= 0.3 is 0 Å². The zero-order chi connectivity index (χ0) is 105. The van der Waals surface area contributed by atoms with Crippen LogP contribution in [0.1, 0.15) is 338 Å². The second-order valence-electron chi connectivity index (χ2n) is 41.0. The fourth-order valence-electron chi connectivity index (χ4n) is 12.8. The van der Waals surface area contributed by atoms with Gasteiger partial charge in [0.15, 0.2) is 0 Å². The molecule has 0 amide bonds. The number of anilines is 7. The molecule has 1 fully saturated rings. The van der Waals surface area contributed by atoms with Gasteiger partial charge in [0.05, 0.1) is 0 Å². The maximum atomic E-state index is 4.15. The maximum absolute atomic E-state index is 4.15. The molecule has 8 nitrogen and oxygen atoms in total. The van der Waals surface area contributed by atoms with E-state index in [2.05, 4.69) is 500 Å². The second-order valence-corrected chi connectivity index (χ2v) is 41.0. The number of likely N-dealkylation sites (tertiary alicyclic amines) is 1. The van der Waals surface area contributed by atoms with Crippen molar-refractivity contribution in [2.75, 3.05) is 150 Å². The van der Waals surface area contributed by atoms with Crippen molar-refractivity contribution < 1.29 is 262 Å². The SMILES string of the molecule is CC.CC.CC.CC.CN1CCCc2ccccc21.CN1CCCc2ccccc21.CN1CCCc2ccccc21.CN1CCCc2ccccc21.CN1CC[CH-]c2ccccc21.CN1CC[CH-]c2ccccc21.C[C-](C)C.C[C-](C)C.C[C-](C)C.C[C-](C)C.[CH2-]C.[CH2-]C.[CH2-]C(C)(C)C.[CH2-]C(C)(C)C.[CH2-]C(C)(C)C.[CH2-]C(C)(C)C.[CH2-]C1CCN(C)CC1.[CH2-]C1CCN(C)c2ccccc21.[CH3-].[CH3-].[Y].[Y].[Y].[Y].[Y].[Y].[Y].[Y]. The van der Waals surface area contributed by atoms with Gasteiger partial charge in [-0.25, -0.2) is 0 Å². The Bertz CT molecular complexity index is 3180. The fourth-order valence-corrected chi connectivity index (χ4v) is 12.8. The first-order valence-corrected chi connectivity index (χ1v) is 51.2. The summed E-state index contributed by atoms with van der Waals surface area (Å²) in [6.07, 6.45) is 20.9. The van der Waals surface area contributed by atoms with Crippen LogP contribution in [0, 0.1) is 134 Å². The number of para-hydroxylation sites is 7. The summed E-state index contributed by atoms with van der Waals surface area (Å²) in [6, 6.07) is 60.3. The first-order chi connectivity index (χ1) is 62.8. The summed E-state index contributed by atoms with van der Waals surface area (Å²) >= 11 is 0. The summed E-state index contributed by atoms with van der Waals surface area (Å²) in [5.41, 5.74) is 20.9. The van der Waals surface area contributed by atoms with Crippen molar-refractivity contribution in [1.82, 2.24) is 4.90 Å². The number of hydrogen-bond acceptors (Lipinski definition) is 8. The third kappa shape index (κ3) is 112. The van der Waals surface area contributed by atoms with Crippen LogP contribution in [0.25, 0.3) is 0 Å². The average molecular weight is 2590 g/mol. The number of benzene rings is 7. The van der Waals surface area contributed by atoms with E-state index in [-0.39, 0.29) is 298 Å². The molecule has 8 aliphatic heterocycles. The van der Waals surface area contributed by atoms with Crippen LogP contribution < -0.4 is 34.3 Å². The summed E-state index contributed by atoms with van der Waals surface area (Å²) in [5.74, 6) is 6.88. The minimum Gasteiger partial charge on any atom is -0.426 e. The molecule has 15 rings (SSSR count). The third-order valence-electron chi connectivity index (χ3n) is 18.2. The molecule has 0 aliphatic carbocycles. The largest absolute Gasteiger partial charge is 0.426 e. The summed E-state index contributed by atoms with van der Waals surface area (Å²) < 4.78 is 0. The van der Waals surface area contributed by atoms with E-state index in [0.29, 0.717) is 5.92 Å². The van der Waals surface area contributed by atoms with Crippen molar-refractivity contribution in [3.8, 4) is 0 Å². The normalized spacial score (nSPS) is 13.6. The predicted molar refractivity (Wildman–Crippen MR) is 636 cm³/mol. The molecule has 1 atom stereocenters. The predicted octanol–water partition coefficient (Wildman–Crippen LogP) is 36.7. The van der Waals surface area contributed by atoms with Gasteiger partial charge in [0, 0.05) is 358 Å². The summed E-state index contributed by atoms with van der Waals surface area (Å²) in [5, 5.41) is 0. The van der Waals surface area contributed by atoms with E-state index < -0.39 is 0 Å². The zero-order valence-electron chi connectivity index (χ0n) is 103. The van der Waals surface area contributed by atoms with Crippen LogP contribution in [0.3, 0.4) is 0 Å². The molecule has 16 heteroatoms. The van der Waals surface area contributed by atoms with Gasteiger partial charge in [-0.3, -0.25) is 0 Å². The number of nitrogens with zero attached hydrogens (tertiary/aromatic N) is 8. The molecule has 8 radical (unpaired) electrons. The molecule has 816 valence electrons. The molecular weight excluding hydrogens is 2360 g/mol. The molecule has 8 heterocycles. The molecule has 0 saturated carbocycles. The monoisotopic (exact) mass is 2590 g/mol. The molecule has 0 bridgehead atoms. The van der Waals surface area contributed by atoms with Gasteiger partial charge in [-0.15, -0.1) is 18.1 Å². The van der Waals surface area contributed by atoms with E-state index in [1.807, 2.05) is 55.4 Å². The molecule has 0 N–H and O–H groups in total. The first kappa shape index (κ1) is 184. The maximum Gasteiger partial charge on any atom is 0.0396 e. The van der Waals surface area contributed by atoms with Crippen LogP contribution in [0.15, 0.2) is 170 Å². The second kappa shape index (κ2) is 114. The Morgan fingerprint density at radius 3 is 0.625 bits per heavy atom. The Kier molecular flexibility index (Phi) is 146. The molecule has 7 aromatic carbocycles. The van der Waals surface area contributed by atoms with Crippen molar-refractivity contribution in [2.24, 2.45) is 27.6 Å². The molecule has 0 aromatic heterocycles. The number of aryl methyl sites for hydroxylation is 4. The first-order valence-electron chi connectivity index (χ1n) is 51.2. The van der Waals surface area contributed by atoms with E-state index in [1.54, 1.807) is 13.8 Å². The van der Waals surface area contributed by atoms with Crippen LogP contribution in [0.5, 0.6) is 0 Å². The Morgan fingerprint density at radius 2 is 0.431 bits per heavy atom. The van der Waals surface area contributed by atoms with Gasteiger partial charge in [0.1, 0.15) is 0 Å². The molecular formula is C128H224N8Y8-16. The van der Waals surface area contributed by atoms with Gasteiger partial charge in [-0.1, -0.05) is 303 Å². The number of piperidine rings is 1. The zero-order valence-corrected chi connectivity index (χ0v) is 126. The van der Waals surface area contributed by atoms with Crippen molar-refractivity contribution in [3.63, 3.8) is 0 Å². The van der Waals surface area contributed by atoms with Gasteiger partial charge in [0.25, 0.3) is 0 Å². The summed E-state index contributed by atoms with van der Waals surface area (Å²) in [4.78, 5) is 18.6. The Balaban J connectivity index is -0.0000000797. The molecule has 144 heavy (non-hydrogen) atoms. The topological polar surface area (TPSA) is 25.9 Å². The Labute approximate surface area is 1110 Å². The third-order valence-corrected chi connectivity index (χ3v) is 18.2. The van der Waals surface area contributed by atoms with Crippen molar-refractivity contribution >= 4 is 39.8 Å². The van der Waals surface area contributed by atoms with Crippen molar-refractivity contribution in [3.05, 3.63) is 316 Å². The van der Waals surface area contributed by atoms with Gasteiger partial charge in [0.2, 0.25) is 0 Å². The van der Waals surface area contributed by atoms with Crippen molar-refractivity contribution in [1.29, 1.82) is 0 Å². The number of fused-ring (bicyclic) bond motifs is 7. The number of hydrogen-bond donors (Lipinski definition) is 0. The van der Waals surface area contributed by atoms with Crippen LogP contribution in [0.4, 0.5) is 39.8 Å². The minimum atomic E-state index is 0. The Morgan fingerprint density at radius 1 is 0.257 bits per heavy atom. The Hall–Kier alpha value is 1.67. The van der Waals surface area contributed by atoms with E-state index in [0.717, 1.165) is 25.6 Å². The van der Waals surface area contributed by atoms with Crippen LogP contribution in [0.2, 0.25) is 0 Å². The summed E-state index contributed by atoms with van der Waals surface area (Å²) in [6.45, 7) is 110. The van der Waals surface area contributed by atoms with Crippen LogP contribution >= 0.6 is 0 Å². The van der Waals surface area contributed by atoms with Gasteiger partial charge < -0.3 is 133 Å². The molecule has 7 aromatic rings. The smallest absolute Gasteiger partial charge is 0.0396 e. The quantitative estimate of drug-likeness (QED) is 0.139. The van der Waals surface area contributed by atoms with E-state index in [9.17, 15) is 0 Å². The van der Waals surface area contributed by atoms with Crippen molar-refractivity contribution in [2.45, 2.75) is 325 Å². The number of rotatable bonds is 0. The summed E-state index contributed by atoms with van der Waals surface area (Å²) in [7, 11) is 17.3. The van der Waals surface area contributed by atoms with E-state index >= 15 is 0 Å². The van der Waals surface area contributed by atoms with E-state index in [1.165, 1.54) is 225 Å². The molecule has 1 unspecified atom stereocenters.